The maximum atomic E-state index is 3.27. The summed E-state index contributed by atoms with van der Waals surface area (Å²) in [5.41, 5.74) is 7.81. The zero-order valence-electron chi connectivity index (χ0n) is 17.0. The van der Waals surface area contributed by atoms with Crippen molar-refractivity contribution in [2.75, 3.05) is 13.1 Å². The van der Waals surface area contributed by atoms with Gasteiger partial charge in [-0.15, -0.1) is 11.1 Å². The molecule has 0 unspecified atom stereocenters. The van der Waals surface area contributed by atoms with Gasteiger partial charge in [0.15, 0.2) is 0 Å². The Morgan fingerprint density at radius 1 is 0.692 bits per heavy atom. The second-order valence-corrected chi connectivity index (χ2v) is 17.7. The van der Waals surface area contributed by atoms with Gasteiger partial charge in [0.2, 0.25) is 0 Å². The first-order valence-corrected chi connectivity index (χ1v) is 15.9. The molecular formula is C23H29NSi2. The highest BCUT2D eigenvalue weighted by Crippen LogP contribution is 2.03. The van der Waals surface area contributed by atoms with Crippen LogP contribution in [0.5, 0.6) is 0 Å². The fourth-order valence-electron chi connectivity index (χ4n) is 1.84. The van der Waals surface area contributed by atoms with Crippen molar-refractivity contribution in [3.8, 4) is 46.6 Å². The largest absolute Gasteiger partial charge is 0.277 e. The van der Waals surface area contributed by atoms with E-state index in [1.54, 1.807) is 0 Å². The van der Waals surface area contributed by atoms with Crippen LogP contribution in [0, 0.1) is 46.6 Å². The Bertz CT molecular complexity index is 759. The van der Waals surface area contributed by atoms with E-state index < -0.39 is 16.1 Å². The minimum absolute atomic E-state index is 0.658. The van der Waals surface area contributed by atoms with Crippen LogP contribution in [0.3, 0.4) is 0 Å². The van der Waals surface area contributed by atoms with Gasteiger partial charge in [0.05, 0.1) is 13.1 Å². The molecule has 0 atom stereocenters. The van der Waals surface area contributed by atoms with Crippen molar-refractivity contribution in [1.82, 2.24) is 4.90 Å². The maximum absolute atomic E-state index is 3.27. The quantitative estimate of drug-likeness (QED) is 0.561. The van der Waals surface area contributed by atoms with E-state index in [4.69, 9.17) is 0 Å². The van der Waals surface area contributed by atoms with Gasteiger partial charge in [-0.3, -0.25) is 4.90 Å². The number of nitrogens with zero attached hydrogens (tertiary/aromatic N) is 1. The molecule has 0 bridgehead atoms. The highest BCUT2D eigenvalue weighted by Gasteiger charge is 2.07. The first-order valence-electron chi connectivity index (χ1n) is 8.92. The predicted octanol–water partition coefficient (Wildman–Crippen LogP) is 4.26. The predicted molar refractivity (Wildman–Crippen MR) is 120 cm³/mol. The summed E-state index contributed by atoms with van der Waals surface area (Å²) in [7, 11) is -2.71. The third kappa shape index (κ3) is 12.2. The van der Waals surface area contributed by atoms with E-state index in [0.717, 1.165) is 6.54 Å². The van der Waals surface area contributed by atoms with Crippen molar-refractivity contribution in [3.05, 3.63) is 35.9 Å². The van der Waals surface area contributed by atoms with Gasteiger partial charge >= 0.3 is 0 Å². The number of rotatable bonds is 4. The molecule has 0 aliphatic rings. The number of hydrogen-bond donors (Lipinski definition) is 0. The van der Waals surface area contributed by atoms with Gasteiger partial charge in [-0.1, -0.05) is 81.5 Å². The van der Waals surface area contributed by atoms with Gasteiger partial charge in [0, 0.05) is 6.54 Å². The number of hydrogen-bond acceptors (Lipinski definition) is 1. The van der Waals surface area contributed by atoms with Gasteiger partial charge in [0.25, 0.3) is 0 Å². The van der Waals surface area contributed by atoms with Crippen molar-refractivity contribution < 1.29 is 0 Å². The molecule has 1 nitrogen and oxygen atoms in total. The fraction of sp³-hybridized carbons (Fsp3) is 0.391. The average Bonchev–Trinajstić information content (AvgIpc) is 2.52. The van der Waals surface area contributed by atoms with Crippen LogP contribution in [0.15, 0.2) is 30.3 Å². The molecule has 134 valence electrons. The van der Waals surface area contributed by atoms with Crippen molar-refractivity contribution in [1.29, 1.82) is 0 Å². The maximum Gasteiger partial charge on any atom is 0.130 e. The molecule has 0 aromatic heterocycles. The highest BCUT2D eigenvalue weighted by atomic mass is 28.3. The lowest BCUT2D eigenvalue weighted by Gasteiger charge is -2.16. The smallest absolute Gasteiger partial charge is 0.130 e. The van der Waals surface area contributed by atoms with Gasteiger partial charge in [-0.25, -0.2) is 0 Å². The van der Waals surface area contributed by atoms with Crippen LogP contribution in [0.1, 0.15) is 5.56 Å². The second kappa shape index (κ2) is 10.8. The summed E-state index contributed by atoms with van der Waals surface area (Å²) in [4.78, 5) is 2.22. The molecule has 0 heterocycles. The topological polar surface area (TPSA) is 3.24 Å². The summed E-state index contributed by atoms with van der Waals surface area (Å²) in [6.45, 7) is 15.5. The molecule has 0 aliphatic carbocycles. The van der Waals surface area contributed by atoms with E-state index in [9.17, 15) is 0 Å². The van der Waals surface area contributed by atoms with E-state index in [-0.39, 0.29) is 0 Å². The molecule has 0 saturated heterocycles. The van der Waals surface area contributed by atoms with Crippen LogP contribution in [-0.4, -0.2) is 34.1 Å². The Labute approximate surface area is 162 Å². The summed E-state index contributed by atoms with van der Waals surface area (Å²) >= 11 is 0. The highest BCUT2D eigenvalue weighted by molar-refractivity contribution is 6.84. The van der Waals surface area contributed by atoms with Crippen molar-refractivity contribution in [2.45, 2.75) is 45.8 Å². The molecule has 3 heteroatoms. The zero-order valence-corrected chi connectivity index (χ0v) is 19.0. The van der Waals surface area contributed by atoms with Crippen LogP contribution >= 0.6 is 0 Å². The molecule has 0 aliphatic heterocycles. The third-order valence-electron chi connectivity index (χ3n) is 3.03. The zero-order chi connectivity index (χ0) is 19.5. The molecule has 0 saturated carbocycles. The van der Waals surface area contributed by atoms with E-state index >= 15 is 0 Å². The summed E-state index contributed by atoms with van der Waals surface area (Å²) in [5.74, 6) is 18.3. The van der Waals surface area contributed by atoms with E-state index in [1.807, 2.05) is 6.07 Å². The first kappa shape index (κ1) is 21.9. The van der Waals surface area contributed by atoms with Crippen LogP contribution in [-0.2, 0) is 6.54 Å². The first-order chi connectivity index (χ1) is 12.2. The summed E-state index contributed by atoms with van der Waals surface area (Å²) in [5, 5.41) is 0. The Morgan fingerprint density at radius 2 is 1.15 bits per heavy atom. The number of benzene rings is 1. The third-order valence-corrected chi connectivity index (χ3v) is 4.78. The second-order valence-electron chi connectivity index (χ2n) is 8.23. The molecule has 1 rings (SSSR count). The van der Waals surface area contributed by atoms with E-state index in [2.05, 4.69) is 115 Å². The Hall–Kier alpha value is -2.15. The van der Waals surface area contributed by atoms with Gasteiger partial charge < -0.3 is 0 Å². The minimum Gasteiger partial charge on any atom is -0.277 e. The van der Waals surface area contributed by atoms with Crippen LogP contribution in [0.25, 0.3) is 0 Å². The molecule has 0 radical (unpaired) electrons. The van der Waals surface area contributed by atoms with Crippen LogP contribution in [0.4, 0.5) is 0 Å². The average molecular weight is 376 g/mol. The monoisotopic (exact) mass is 375 g/mol. The molecule has 1 aromatic carbocycles. The van der Waals surface area contributed by atoms with Gasteiger partial charge in [-0.05, 0) is 29.2 Å². The Balaban J connectivity index is 2.76. The summed E-state index contributed by atoms with van der Waals surface area (Å²) in [6, 6.07) is 10.4. The molecule has 26 heavy (non-hydrogen) atoms. The Morgan fingerprint density at radius 3 is 1.58 bits per heavy atom. The van der Waals surface area contributed by atoms with Gasteiger partial charge in [0.1, 0.15) is 16.1 Å². The fourth-order valence-corrected chi connectivity index (χ4v) is 2.71. The van der Waals surface area contributed by atoms with Gasteiger partial charge in [-0.2, -0.15) is 0 Å². The van der Waals surface area contributed by atoms with E-state index in [0.29, 0.717) is 13.1 Å². The summed E-state index contributed by atoms with van der Waals surface area (Å²) < 4.78 is 0. The normalized spacial score (nSPS) is 10.3. The summed E-state index contributed by atoms with van der Waals surface area (Å²) in [6.07, 6.45) is 0. The Kier molecular flexibility index (Phi) is 9.06. The SMILES string of the molecule is C[Si](C)(C)C#CC#CCN(CC#CC#C[Si](C)(C)C)Cc1ccccc1. The lowest BCUT2D eigenvalue weighted by atomic mass is 10.2. The molecule has 1 aromatic rings. The van der Waals surface area contributed by atoms with Crippen molar-refractivity contribution >= 4 is 16.1 Å². The van der Waals surface area contributed by atoms with Crippen molar-refractivity contribution in [2.24, 2.45) is 0 Å². The van der Waals surface area contributed by atoms with Crippen molar-refractivity contribution in [3.63, 3.8) is 0 Å². The standard InChI is InChI=1S/C23H29NSi2/c1-25(2,3)20-14-8-12-18-24(22-23-16-10-7-11-17-23)19-13-9-15-21-26(4,5)6/h7,10-11,16-17H,18-19,22H2,1-6H3. The molecule has 0 amide bonds. The molecular weight excluding hydrogens is 346 g/mol. The molecule has 0 N–H and O–H groups in total. The lowest BCUT2D eigenvalue weighted by molar-refractivity contribution is 0.337. The van der Waals surface area contributed by atoms with Crippen LogP contribution in [0.2, 0.25) is 39.3 Å². The lowest BCUT2D eigenvalue weighted by Crippen LogP contribution is -2.24. The van der Waals surface area contributed by atoms with Crippen LogP contribution < -0.4 is 0 Å². The molecule has 0 spiro atoms. The minimum atomic E-state index is -1.35. The van der Waals surface area contributed by atoms with E-state index in [1.165, 1.54) is 5.56 Å². The molecule has 0 fully saturated rings.